The maximum absolute atomic E-state index is 15.0. The van der Waals surface area contributed by atoms with Crippen molar-refractivity contribution in [2.24, 2.45) is 0 Å². The van der Waals surface area contributed by atoms with Gasteiger partial charge in [-0.2, -0.15) is 39.5 Å². The van der Waals surface area contributed by atoms with Crippen molar-refractivity contribution in [2.45, 2.75) is 50.4 Å². The summed E-state index contributed by atoms with van der Waals surface area (Å²) in [5.41, 5.74) is -4.56. The van der Waals surface area contributed by atoms with Crippen LogP contribution < -0.4 is 10.6 Å². The first-order chi connectivity index (χ1) is 18.6. The lowest BCUT2D eigenvalue weighted by Gasteiger charge is -2.21. The molecule has 0 aromatic heterocycles. The number of hydrogen-bond acceptors (Lipinski definition) is 2. The van der Waals surface area contributed by atoms with Gasteiger partial charge in [-0.15, -0.1) is 0 Å². The Balaban J connectivity index is 2.46. The molecule has 2 rings (SSSR count). The zero-order chi connectivity index (χ0) is 31.5. The highest BCUT2D eigenvalue weighted by Crippen LogP contribution is 2.42. The number of benzene rings is 2. The van der Waals surface area contributed by atoms with Crippen molar-refractivity contribution in [2.75, 3.05) is 0 Å². The fourth-order valence-corrected chi connectivity index (χ4v) is 4.02. The Morgan fingerprint density at radius 3 is 1.93 bits per heavy atom. The van der Waals surface area contributed by atoms with Gasteiger partial charge >= 0.3 is 18.5 Å². The van der Waals surface area contributed by atoms with Crippen molar-refractivity contribution in [3.63, 3.8) is 0 Å². The molecular formula is C24H17Cl3F10N2O2. The van der Waals surface area contributed by atoms with Crippen LogP contribution in [-0.2, 0) is 11.0 Å². The van der Waals surface area contributed by atoms with Gasteiger partial charge in [-0.25, -0.2) is 4.39 Å². The first-order valence-corrected chi connectivity index (χ1v) is 12.2. The van der Waals surface area contributed by atoms with Gasteiger partial charge in [0.1, 0.15) is 24.3 Å². The van der Waals surface area contributed by atoms with Gasteiger partial charge in [0, 0.05) is 5.56 Å². The van der Waals surface area contributed by atoms with E-state index < -0.39 is 87.0 Å². The summed E-state index contributed by atoms with van der Waals surface area (Å²) >= 11 is 17.2. The molecule has 2 atom stereocenters. The van der Waals surface area contributed by atoms with E-state index in [9.17, 15) is 53.5 Å². The van der Waals surface area contributed by atoms with Crippen LogP contribution in [0, 0.1) is 0 Å². The average Bonchev–Trinajstić information content (AvgIpc) is 2.82. The highest BCUT2D eigenvalue weighted by atomic mass is 35.5. The van der Waals surface area contributed by atoms with Crippen LogP contribution >= 0.6 is 34.8 Å². The zero-order valence-electron chi connectivity index (χ0n) is 20.3. The second-order valence-electron chi connectivity index (χ2n) is 8.38. The molecule has 1 unspecified atom stereocenters. The fraction of sp³-hybridized carbons (Fsp3) is 0.333. The molecule has 0 bridgehead atoms. The van der Waals surface area contributed by atoms with E-state index in [1.807, 2.05) is 5.32 Å². The summed E-state index contributed by atoms with van der Waals surface area (Å²) in [6.07, 6.45) is -19.1. The highest BCUT2D eigenvalue weighted by Gasteiger charge is 2.41. The molecule has 2 aromatic rings. The summed E-state index contributed by atoms with van der Waals surface area (Å²) in [7, 11) is 0. The lowest BCUT2D eigenvalue weighted by Crippen LogP contribution is -2.48. The van der Waals surface area contributed by atoms with Crippen molar-refractivity contribution >= 4 is 52.4 Å². The number of carbonyl (C=O) groups excluding carboxylic acids is 2. The zero-order valence-corrected chi connectivity index (χ0v) is 22.5. The molecule has 0 heterocycles. The van der Waals surface area contributed by atoms with E-state index in [4.69, 9.17) is 34.8 Å². The third-order valence-electron chi connectivity index (χ3n) is 5.29. The number of rotatable bonds is 8. The SMILES string of the molecule is CC[C@H](NC(=O)CC(F)(F)F)NC(=O)c1ccc(/C(F)=C/C(c2cc(Cl)c(Cl)c(Cl)c2)C(F)(F)F)cc1C(F)(F)F. The Morgan fingerprint density at radius 2 is 1.46 bits per heavy atom. The average molecular weight is 662 g/mol. The van der Waals surface area contributed by atoms with Crippen LogP contribution in [0.1, 0.15) is 52.7 Å². The largest absolute Gasteiger partial charge is 0.417 e. The van der Waals surface area contributed by atoms with Gasteiger partial charge < -0.3 is 10.6 Å². The van der Waals surface area contributed by atoms with Crippen LogP contribution in [0.25, 0.3) is 5.83 Å². The van der Waals surface area contributed by atoms with Crippen LogP contribution in [0.4, 0.5) is 43.9 Å². The van der Waals surface area contributed by atoms with Gasteiger partial charge in [0.05, 0.1) is 26.2 Å². The predicted molar refractivity (Wildman–Crippen MR) is 131 cm³/mol. The number of nitrogens with one attached hydrogen (secondary N) is 2. The van der Waals surface area contributed by atoms with Crippen LogP contribution in [0.15, 0.2) is 36.4 Å². The summed E-state index contributed by atoms with van der Waals surface area (Å²) < 4.78 is 135. The van der Waals surface area contributed by atoms with E-state index >= 15 is 0 Å². The van der Waals surface area contributed by atoms with Gasteiger partial charge in [0.15, 0.2) is 0 Å². The molecule has 2 amide bonds. The topological polar surface area (TPSA) is 58.2 Å². The quantitative estimate of drug-likeness (QED) is 0.169. The molecule has 0 spiro atoms. The summed E-state index contributed by atoms with van der Waals surface area (Å²) in [5.74, 6) is -7.55. The Kier molecular flexibility index (Phi) is 11.0. The van der Waals surface area contributed by atoms with Gasteiger partial charge in [-0.1, -0.05) is 47.8 Å². The molecule has 2 N–H and O–H groups in total. The third-order valence-corrected chi connectivity index (χ3v) is 6.48. The maximum atomic E-state index is 15.0. The summed E-state index contributed by atoms with van der Waals surface area (Å²) in [5, 5.41) is 2.64. The number of allylic oxidation sites excluding steroid dienone is 1. The molecule has 0 radical (unpaired) electrons. The number of alkyl halides is 9. The minimum absolute atomic E-state index is 0.0194. The normalized spacial score (nSPS) is 14.4. The van der Waals surface area contributed by atoms with E-state index in [-0.39, 0.29) is 23.6 Å². The summed E-state index contributed by atoms with van der Waals surface area (Å²) in [4.78, 5) is 24.0. The summed E-state index contributed by atoms with van der Waals surface area (Å²) in [6, 6.07) is 2.64. The molecule has 0 saturated heterocycles. The summed E-state index contributed by atoms with van der Waals surface area (Å²) in [6.45, 7) is 1.30. The standard InChI is InChI=1S/C24H17Cl3F10N2O2/c1-2-18(38-19(40)9-22(29,30)31)39-21(41)12-4-3-10(5-14(12)24(35,36)37)17(28)8-13(23(32,33)34)11-6-15(25)20(27)16(26)7-11/h3-8,13,18H,2,9H2,1H3,(H,38,40)(H,39,41)/b17-8-/t13?,18-/m1/s1. The van der Waals surface area contributed by atoms with Crippen LogP contribution in [-0.4, -0.2) is 30.3 Å². The van der Waals surface area contributed by atoms with Gasteiger partial charge in [0.2, 0.25) is 5.91 Å². The van der Waals surface area contributed by atoms with Crippen molar-refractivity contribution < 1.29 is 53.5 Å². The Bertz CT molecular complexity index is 1300. The minimum atomic E-state index is -5.33. The monoisotopic (exact) mass is 660 g/mol. The Morgan fingerprint density at radius 1 is 0.902 bits per heavy atom. The van der Waals surface area contributed by atoms with Gasteiger partial charge in [-0.3, -0.25) is 9.59 Å². The number of hydrogen-bond donors (Lipinski definition) is 2. The molecule has 41 heavy (non-hydrogen) atoms. The predicted octanol–water partition coefficient (Wildman–Crippen LogP) is 8.86. The molecule has 0 saturated carbocycles. The van der Waals surface area contributed by atoms with E-state index in [1.54, 1.807) is 5.32 Å². The van der Waals surface area contributed by atoms with E-state index in [2.05, 4.69) is 0 Å². The molecule has 17 heteroatoms. The fourth-order valence-electron chi connectivity index (χ4n) is 3.41. The second kappa shape index (κ2) is 13.1. The number of halogens is 13. The second-order valence-corrected chi connectivity index (χ2v) is 9.58. The first-order valence-electron chi connectivity index (χ1n) is 11.1. The van der Waals surface area contributed by atoms with Crippen molar-refractivity contribution in [3.05, 3.63) is 73.7 Å². The van der Waals surface area contributed by atoms with E-state index in [0.717, 1.165) is 12.1 Å². The van der Waals surface area contributed by atoms with Crippen molar-refractivity contribution in [1.29, 1.82) is 0 Å². The molecule has 226 valence electrons. The molecular weight excluding hydrogens is 645 g/mol. The number of amides is 2. The lowest BCUT2D eigenvalue weighted by atomic mass is 9.95. The number of carbonyl (C=O) groups is 2. The molecule has 0 aliphatic heterocycles. The lowest BCUT2D eigenvalue weighted by molar-refractivity contribution is -0.154. The van der Waals surface area contributed by atoms with Crippen LogP contribution in [0.3, 0.4) is 0 Å². The van der Waals surface area contributed by atoms with E-state index in [1.165, 1.54) is 6.92 Å². The van der Waals surface area contributed by atoms with Gasteiger partial charge in [-0.05, 0) is 42.3 Å². The van der Waals surface area contributed by atoms with Crippen molar-refractivity contribution in [1.82, 2.24) is 10.6 Å². The molecule has 0 fully saturated rings. The Hall–Kier alpha value is -2.71. The first kappa shape index (κ1) is 34.5. The van der Waals surface area contributed by atoms with Crippen LogP contribution in [0.5, 0.6) is 0 Å². The maximum Gasteiger partial charge on any atom is 0.417 e. The minimum Gasteiger partial charge on any atom is -0.336 e. The highest BCUT2D eigenvalue weighted by molar-refractivity contribution is 6.48. The Labute approximate surface area is 240 Å². The van der Waals surface area contributed by atoms with Crippen molar-refractivity contribution in [3.8, 4) is 0 Å². The smallest absolute Gasteiger partial charge is 0.336 e. The van der Waals surface area contributed by atoms with Crippen LogP contribution in [0.2, 0.25) is 15.1 Å². The molecule has 4 nitrogen and oxygen atoms in total. The van der Waals surface area contributed by atoms with Gasteiger partial charge in [0.25, 0.3) is 5.91 Å². The third kappa shape index (κ3) is 9.67. The molecule has 0 aliphatic carbocycles. The molecule has 0 aliphatic rings. The van der Waals surface area contributed by atoms with E-state index in [0.29, 0.717) is 12.1 Å². The molecule has 2 aromatic carbocycles.